The van der Waals surface area contributed by atoms with Gasteiger partial charge in [0.25, 0.3) is 0 Å². The van der Waals surface area contributed by atoms with E-state index in [1.165, 1.54) is 19.3 Å². The molecule has 1 aromatic rings. The topological polar surface area (TPSA) is 77.4 Å². The van der Waals surface area contributed by atoms with E-state index in [2.05, 4.69) is 25.2 Å². The molecule has 7 heteroatoms. The molecular weight excluding hydrogens is 268 g/mol. The molecule has 1 aliphatic rings. The zero-order chi connectivity index (χ0) is 15.5. The molecule has 2 N–H and O–H groups in total. The third kappa shape index (κ3) is 3.53. The van der Waals surface area contributed by atoms with Crippen molar-refractivity contribution < 1.29 is 5.11 Å². The number of likely N-dealkylation sites (N-methyl/N-ethyl adjacent to an activating group) is 1. The van der Waals surface area contributed by atoms with Crippen molar-refractivity contribution in [2.45, 2.75) is 38.6 Å². The first-order chi connectivity index (χ1) is 9.97. The molecule has 7 nitrogen and oxygen atoms in total. The van der Waals surface area contributed by atoms with Crippen LogP contribution in [0.1, 0.15) is 33.1 Å². The van der Waals surface area contributed by atoms with Crippen LogP contribution in [0.25, 0.3) is 0 Å². The molecule has 2 rings (SSSR count). The summed E-state index contributed by atoms with van der Waals surface area (Å²) >= 11 is 0. The van der Waals surface area contributed by atoms with E-state index < -0.39 is 5.54 Å². The predicted octanol–water partition coefficient (Wildman–Crippen LogP) is 1.11. The number of rotatable bonds is 5. The summed E-state index contributed by atoms with van der Waals surface area (Å²) in [5, 5.41) is 12.5. The molecule has 1 fully saturated rings. The van der Waals surface area contributed by atoms with E-state index in [0.29, 0.717) is 17.8 Å². The molecule has 2 heterocycles. The lowest BCUT2D eigenvalue weighted by atomic mass is 10.1. The standard InChI is InChI=1S/C14H26N6O/c1-14(2,10-21)19(4)12-16-11(15-3)17-13(18-12)20-8-6-5-7-9-20/h21H,5-10H2,1-4H3,(H,15,16,17,18). The Morgan fingerprint density at radius 2 is 1.86 bits per heavy atom. The summed E-state index contributed by atoms with van der Waals surface area (Å²) in [5.41, 5.74) is -0.425. The van der Waals surface area contributed by atoms with Crippen LogP contribution >= 0.6 is 0 Å². The Balaban J connectivity index is 2.33. The van der Waals surface area contributed by atoms with Gasteiger partial charge in [-0.05, 0) is 33.1 Å². The minimum absolute atomic E-state index is 0.0309. The number of nitrogens with zero attached hydrogens (tertiary/aromatic N) is 5. The molecule has 0 unspecified atom stereocenters. The number of aliphatic hydroxyl groups excluding tert-OH is 1. The predicted molar refractivity (Wildman–Crippen MR) is 85.0 cm³/mol. The SMILES string of the molecule is CNc1nc(N2CCCCC2)nc(N(C)C(C)(C)CO)n1. The molecule has 0 amide bonds. The van der Waals surface area contributed by atoms with Crippen LogP contribution in [0, 0.1) is 0 Å². The number of aliphatic hydroxyl groups is 1. The van der Waals surface area contributed by atoms with Gasteiger partial charge in [-0.1, -0.05) is 0 Å². The Bertz CT molecular complexity index is 473. The summed E-state index contributed by atoms with van der Waals surface area (Å²) in [5.74, 6) is 1.85. The molecule has 1 aliphatic heterocycles. The number of nitrogens with one attached hydrogen (secondary N) is 1. The summed E-state index contributed by atoms with van der Waals surface area (Å²) in [4.78, 5) is 17.6. The zero-order valence-corrected chi connectivity index (χ0v) is 13.4. The van der Waals surface area contributed by atoms with Crippen LogP contribution in [0.15, 0.2) is 0 Å². The Morgan fingerprint density at radius 3 is 2.43 bits per heavy atom. The van der Waals surface area contributed by atoms with Crippen LogP contribution < -0.4 is 15.1 Å². The number of aromatic nitrogens is 3. The van der Waals surface area contributed by atoms with Crippen molar-refractivity contribution in [3.8, 4) is 0 Å². The highest BCUT2D eigenvalue weighted by Gasteiger charge is 2.26. The lowest BCUT2D eigenvalue weighted by molar-refractivity contribution is 0.215. The number of hydrogen-bond acceptors (Lipinski definition) is 7. The normalized spacial score (nSPS) is 16.0. The summed E-state index contributed by atoms with van der Waals surface area (Å²) < 4.78 is 0. The maximum Gasteiger partial charge on any atom is 0.232 e. The first-order valence-electron chi connectivity index (χ1n) is 7.51. The minimum atomic E-state index is -0.425. The van der Waals surface area contributed by atoms with E-state index in [1.54, 1.807) is 7.05 Å². The van der Waals surface area contributed by atoms with Crippen molar-refractivity contribution in [1.82, 2.24) is 15.0 Å². The summed E-state index contributed by atoms with van der Waals surface area (Å²) in [6.07, 6.45) is 3.62. The van der Waals surface area contributed by atoms with Gasteiger partial charge in [0.2, 0.25) is 17.8 Å². The van der Waals surface area contributed by atoms with Crippen LogP contribution in [-0.4, -0.2) is 59.4 Å². The second-order valence-corrected chi connectivity index (χ2v) is 6.09. The molecule has 0 atom stereocenters. The number of anilines is 3. The highest BCUT2D eigenvalue weighted by molar-refractivity contribution is 5.46. The van der Waals surface area contributed by atoms with Gasteiger partial charge < -0.3 is 20.2 Å². The van der Waals surface area contributed by atoms with Gasteiger partial charge in [-0.3, -0.25) is 0 Å². The van der Waals surface area contributed by atoms with Gasteiger partial charge >= 0.3 is 0 Å². The van der Waals surface area contributed by atoms with Crippen LogP contribution in [-0.2, 0) is 0 Å². The van der Waals surface area contributed by atoms with Gasteiger partial charge in [-0.25, -0.2) is 0 Å². The Labute approximate surface area is 126 Å². The van der Waals surface area contributed by atoms with Crippen molar-refractivity contribution >= 4 is 17.8 Å². The van der Waals surface area contributed by atoms with Crippen molar-refractivity contribution in [3.63, 3.8) is 0 Å². The van der Waals surface area contributed by atoms with Crippen LogP contribution in [0.5, 0.6) is 0 Å². The van der Waals surface area contributed by atoms with E-state index in [9.17, 15) is 5.11 Å². The van der Waals surface area contributed by atoms with Gasteiger partial charge in [0.1, 0.15) is 0 Å². The monoisotopic (exact) mass is 294 g/mol. The molecular formula is C14H26N6O. The van der Waals surface area contributed by atoms with E-state index in [0.717, 1.165) is 13.1 Å². The van der Waals surface area contributed by atoms with E-state index >= 15 is 0 Å². The van der Waals surface area contributed by atoms with Crippen molar-refractivity contribution in [2.24, 2.45) is 0 Å². The summed E-state index contributed by atoms with van der Waals surface area (Å²) in [6.45, 7) is 5.91. The maximum atomic E-state index is 9.53. The molecule has 0 aromatic carbocycles. The molecule has 0 spiro atoms. The van der Waals surface area contributed by atoms with Crippen LogP contribution in [0.4, 0.5) is 17.8 Å². The molecule has 1 saturated heterocycles. The largest absolute Gasteiger partial charge is 0.394 e. The van der Waals surface area contributed by atoms with Gasteiger partial charge in [0, 0.05) is 27.2 Å². The van der Waals surface area contributed by atoms with Gasteiger partial charge in [-0.15, -0.1) is 0 Å². The van der Waals surface area contributed by atoms with Gasteiger partial charge in [-0.2, -0.15) is 15.0 Å². The van der Waals surface area contributed by atoms with E-state index in [-0.39, 0.29) is 6.61 Å². The number of hydrogen-bond donors (Lipinski definition) is 2. The average molecular weight is 294 g/mol. The first-order valence-corrected chi connectivity index (χ1v) is 7.51. The van der Waals surface area contributed by atoms with Crippen molar-refractivity contribution in [3.05, 3.63) is 0 Å². The third-order valence-electron chi connectivity index (χ3n) is 4.07. The molecule has 21 heavy (non-hydrogen) atoms. The highest BCUT2D eigenvalue weighted by Crippen LogP contribution is 2.23. The fourth-order valence-electron chi connectivity index (χ4n) is 2.23. The van der Waals surface area contributed by atoms with Crippen molar-refractivity contribution in [2.75, 3.05) is 48.9 Å². The lowest BCUT2D eigenvalue weighted by Crippen LogP contribution is -2.45. The quantitative estimate of drug-likeness (QED) is 0.842. The van der Waals surface area contributed by atoms with Crippen LogP contribution in [0.2, 0.25) is 0 Å². The third-order valence-corrected chi connectivity index (χ3v) is 4.07. The van der Waals surface area contributed by atoms with Crippen LogP contribution in [0.3, 0.4) is 0 Å². The van der Waals surface area contributed by atoms with Gasteiger partial charge in [0.15, 0.2) is 0 Å². The first kappa shape index (κ1) is 15.8. The molecule has 0 radical (unpaired) electrons. The Hall–Kier alpha value is -1.63. The lowest BCUT2D eigenvalue weighted by Gasteiger charge is -2.34. The smallest absolute Gasteiger partial charge is 0.232 e. The second kappa shape index (κ2) is 6.43. The Morgan fingerprint density at radius 1 is 1.19 bits per heavy atom. The Kier molecular flexibility index (Phi) is 4.82. The van der Waals surface area contributed by atoms with E-state index in [4.69, 9.17) is 0 Å². The molecule has 0 saturated carbocycles. The molecule has 1 aromatic heterocycles. The highest BCUT2D eigenvalue weighted by atomic mass is 16.3. The number of piperidine rings is 1. The molecule has 118 valence electrons. The zero-order valence-electron chi connectivity index (χ0n) is 13.4. The molecule has 0 bridgehead atoms. The summed E-state index contributed by atoms with van der Waals surface area (Å²) in [7, 11) is 3.70. The fourth-order valence-corrected chi connectivity index (χ4v) is 2.23. The summed E-state index contributed by atoms with van der Waals surface area (Å²) in [6, 6.07) is 0. The second-order valence-electron chi connectivity index (χ2n) is 6.09. The molecule has 0 aliphatic carbocycles. The average Bonchev–Trinajstić information content (AvgIpc) is 2.54. The van der Waals surface area contributed by atoms with Crippen molar-refractivity contribution in [1.29, 1.82) is 0 Å². The van der Waals surface area contributed by atoms with E-state index in [1.807, 2.05) is 25.8 Å². The van der Waals surface area contributed by atoms with Gasteiger partial charge in [0.05, 0.1) is 12.1 Å². The fraction of sp³-hybridized carbons (Fsp3) is 0.786. The maximum absolute atomic E-state index is 9.53. The minimum Gasteiger partial charge on any atom is -0.394 e.